The van der Waals surface area contributed by atoms with E-state index in [0.29, 0.717) is 33.8 Å². The van der Waals surface area contributed by atoms with E-state index < -0.39 is 10.0 Å². The molecule has 0 aliphatic carbocycles. The monoisotopic (exact) mass is 494 g/mol. The van der Waals surface area contributed by atoms with Crippen LogP contribution < -0.4 is 4.74 Å². The van der Waals surface area contributed by atoms with Gasteiger partial charge in [0.15, 0.2) is 12.4 Å². The van der Waals surface area contributed by atoms with Gasteiger partial charge in [-0.3, -0.25) is 4.79 Å². The highest BCUT2D eigenvalue weighted by molar-refractivity contribution is 7.91. The Bertz CT molecular complexity index is 1190. The largest absolute Gasteiger partial charge is 0.471 e. The predicted molar refractivity (Wildman–Crippen MR) is 123 cm³/mol. The number of carbonyl (C=O) groups excluding carboxylic acids is 1. The van der Waals surface area contributed by atoms with Crippen LogP contribution in [0.25, 0.3) is 0 Å². The lowest BCUT2D eigenvalue weighted by Crippen LogP contribution is -2.50. The standard InChI is InChI=1S/C21H23ClN4O4S2/c1-15-12-17(13-16(2)20(15)22)30-14-25-6-5-18(23-25)21(27)24-7-9-26(10-8-24)32(28,29)19-4-3-11-31-19/h3-6,11-13H,7-10,14H2,1-2H3. The number of amides is 1. The zero-order chi connectivity index (χ0) is 22.9. The van der Waals surface area contributed by atoms with Crippen LogP contribution in [-0.2, 0) is 16.8 Å². The highest BCUT2D eigenvalue weighted by Gasteiger charge is 2.31. The van der Waals surface area contributed by atoms with E-state index in [0.717, 1.165) is 11.1 Å². The molecular formula is C21H23ClN4O4S2. The average Bonchev–Trinajstić information content (AvgIpc) is 3.48. The Balaban J connectivity index is 1.34. The van der Waals surface area contributed by atoms with Gasteiger partial charge in [-0.25, -0.2) is 13.1 Å². The normalized spacial score (nSPS) is 15.2. The molecule has 3 heterocycles. The third-order valence-corrected chi connectivity index (χ3v) is 9.12. The number of sulfonamides is 1. The van der Waals surface area contributed by atoms with Gasteiger partial charge < -0.3 is 9.64 Å². The van der Waals surface area contributed by atoms with Gasteiger partial charge in [-0.2, -0.15) is 9.40 Å². The Morgan fingerprint density at radius 3 is 2.47 bits per heavy atom. The molecule has 170 valence electrons. The van der Waals surface area contributed by atoms with Crippen molar-refractivity contribution >= 4 is 38.9 Å². The number of nitrogens with zero attached hydrogens (tertiary/aromatic N) is 4. The molecule has 1 saturated heterocycles. The fraction of sp³-hybridized carbons (Fsp3) is 0.333. The van der Waals surface area contributed by atoms with Gasteiger partial charge in [0.2, 0.25) is 0 Å². The van der Waals surface area contributed by atoms with Gasteiger partial charge >= 0.3 is 0 Å². The third kappa shape index (κ3) is 4.68. The summed E-state index contributed by atoms with van der Waals surface area (Å²) in [6.07, 6.45) is 1.68. The number of ether oxygens (including phenoxy) is 1. The highest BCUT2D eigenvalue weighted by Crippen LogP contribution is 2.26. The van der Waals surface area contributed by atoms with Crippen molar-refractivity contribution in [2.75, 3.05) is 26.2 Å². The summed E-state index contributed by atoms with van der Waals surface area (Å²) in [7, 11) is -3.50. The first-order chi connectivity index (χ1) is 15.3. The smallest absolute Gasteiger partial charge is 0.274 e. The van der Waals surface area contributed by atoms with E-state index in [1.54, 1.807) is 39.4 Å². The second kappa shape index (κ2) is 9.22. The summed E-state index contributed by atoms with van der Waals surface area (Å²) in [5.74, 6) is 0.450. The molecule has 1 aromatic carbocycles. The van der Waals surface area contributed by atoms with Crippen molar-refractivity contribution in [1.29, 1.82) is 0 Å². The number of thiophene rings is 1. The van der Waals surface area contributed by atoms with Gasteiger partial charge in [0, 0.05) is 37.4 Å². The second-order valence-electron chi connectivity index (χ2n) is 7.51. The van der Waals surface area contributed by atoms with Crippen LogP contribution in [-0.4, -0.2) is 59.5 Å². The molecule has 1 amide bonds. The van der Waals surface area contributed by atoms with Crippen LogP contribution in [0.15, 0.2) is 46.1 Å². The topological polar surface area (TPSA) is 84.7 Å². The third-order valence-electron chi connectivity index (χ3n) is 5.25. The number of hydrogen-bond acceptors (Lipinski definition) is 6. The quantitative estimate of drug-likeness (QED) is 0.524. The van der Waals surface area contributed by atoms with E-state index in [1.807, 2.05) is 26.0 Å². The van der Waals surface area contributed by atoms with E-state index in [-0.39, 0.29) is 25.7 Å². The van der Waals surface area contributed by atoms with Crippen LogP contribution in [0.5, 0.6) is 5.75 Å². The molecule has 0 N–H and O–H groups in total. The number of rotatable bonds is 6. The van der Waals surface area contributed by atoms with Crippen molar-refractivity contribution in [3.8, 4) is 5.75 Å². The van der Waals surface area contributed by atoms with Crippen molar-refractivity contribution in [2.24, 2.45) is 0 Å². The van der Waals surface area contributed by atoms with Crippen LogP contribution in [0.4, 0.5) is 0 Å². The molecule has 4 rings (SSSR count). The lowest BCUT2D eigenvalue weighted by molar-refractivity contribution is 0.0690. The van der Waals surface area contributed by atoms with E-state index in [1.165, 1.54) is 15.6 Å². The maximum absolute atomic E-state index is 12.8. The lowest BCUT2D eigenvalue weighted by Gasteiger charge is -2.33. The van der Waals surface area contributed by atoms with E-state index >= 15 is 0 Å². The van der Waals surface area contributed by atoms with E-state index in [2.05, 4.69) is 5.10 Å². The molecule has 0 spiro atoms. The van der Waals surface area contributed by atoms with E-state index in [9.17, 15) is 13.2 Å². The fourth-order valence-electron chi connectivity index (χ4n) is 3.51. The first-order valence-electron chi connectivity index (χ1n) is 10.0. The summed E-state index contributed by atoms with van der Waals surface area (Å²) in [6, 6.07) is 8.66. The molecule has 1 fully saturated rings. The molecule has 1 aliphatic heterocycles. The first kappa shape index (κ1) is 22.8. The Kier molecular flexibility index (Phi) is 6.57. The molecule has 0 atom stereocenters. The molecule has 32 heavy (non-hydrogen) atoms. The Morgan fingerprint density at radius 2 is 1.84 bits per heavy atom. The maximum Gasteiger partial charge on any atom is 0.274 e. The summed E-state index contributed by atoms with van der Waals surface area (Å²) in [5, 5.41) is 6.77. The van der Waals surface area contributed by atoms with Gasteiger partial charge in [0.1, 0.15) is 9.96 Å². The van der Waals surface area contributed by atoms with E-state index in [4.69, 9.17) is 16.3 Å². The fourth-order valence-corrected chi connectivity index (χ4v) is 6.18. The number of halogens is 1. The average molecular weight is 495 g/mol. The van der Waals surface area contributed by atoms with Crippen molar-refractivity contribution in [1.82, 2.24) is 19.0 Å². The minimum absolute atomic E-state index is 0.153. The van der Waals surface area contributed by atoms with Crippen LogP contribution >= 0.6 is 22.9 Å². The molecule has 0 bridgehead atoms. The van der Waals surface area contributed by atoms with Crippen LogP contribution in [0.2, 0.25) is 5.02 Å². The minimum Gasteiger partial charge on any atom is -0.471 e. The van der Waals surface area contributed by atoms with Gasteiger partial charge in [-0.05, 0) is 54.6 Å². The summed E-state index contributed by atoms with van der Waals surface area (Å²) in [6.45, 7) is 5.12. The van der Waals surface area contributed by atoms with Crippen LogP contribution in [0, 0.1) is 13.8 Å². The Labute approximate surface area is 196 Å². The lowest BCUT2D eigenvalue weighted by atomic mass is 10.1. The number of benzene rings is 1. The zero-order valence-corrected chi connectivity index (χ0v) is 20.1. The number of hydrogen-bond donors (Lipinski definition) is 0. The minimum atomic E-state index is -3.50. The Hall–Kier alpha value is -2.40. The van der Waals surface area contributed by atoms with Crippen LogP contribution in [0.3, 0.4) is 0 Å². The summed E-state index contributed by atoms with van der Waals surface area (Å²) in [5.41, 5.74) is 2.16. The molecule has 0 unspecified atom stereocenters. The summed E-state index contributed by atoms with van der Waals surface area (Å²) < 4.78 is 34.4. The molecule has 0 radical (unpaired) electrons. The molecule has 1 aliphatic rings. The van der Waals surface area contributed by atoms with Gasteiger partial charge in [0.05, 0.1) is 0 Å². The predicted octanol–water partition coefficient (Wildman–Crippen LogP) is 3.40. The van der Waals surface area contributed by atoms with Gasteiger partial charge in [-0.1, -0.05) is 17.7 Å². The molecule has 0 saturated carbocycles. The van der Waals surface area contributed by atoms with Crippen molar-refractivity contribution < 1.29 is 17.9 Å². The zero-order valence-electron chi connectivity index (χ0n) is 17.7. The molecule has 3 aromatic rings. The Morgan fingerprint density at radius 1 is 1.16 bits per heavy atom. The SMILES string of the molecule is Cc1cc(OCn2ccc(C(=O)N3CCN(S(=O)(=O)c4cccs4)CC3)n2)cc(C)c1Cl. The molecular weight excluding hydrogens is 472 g/mol. The van der Waals surface area contributed by atoms with Crippen molar-refractivity contribution in [3.63, 3.8) is 0 Å². The van der Waals surface area contributed by atoms with Gasteiger partial charge in [-0.15, -0.1) is 11.3 Å². The highest BCUT2D eigenvalue weighted by atomic mass is 35.5. The number of piperazine rings is 1. The number of aromatic nitrogens is 2. The second-order valence-corrected chi connectivity index (χ2v) is 11.0. The van der Waals surface area contributed by atoms with Crippen molar-refractivity contribution in [2.45, 2.75) is 24.8 Å². The number of aryl methyl sites for hydroxylation is 2. The summed E-state index contributed by atoms with van der Waals surface area (Å²) in [4.78, 5) is 14.5. The first-order valence-corrected chi connectivity index (χ1v) is 12.7. The van der Waals surface area contributed by atoms with Crippen molar-refractivity contribution in [3.05, 3.63) is 63.8 Å². The molecule has 8 nitrogen and oxygen atoms in total. The molecule has 2 aromatic heterocycles. The maximum atomic E-state index is 12.8. The number of carbonyl (C=O) groups is 1. The summed E-state index contributed by atoms with van der Waals surface area (Å²) >= 11 is 7.38. The molecule has 11 heteroatoms. The van der Waals surface area contributed by atoms with Gasteiger partial charge in [0.25, 0.3) is 15.9 Å². The van der Waals surface area contributed by atoms with Crippen LogP contribution in [0.1, 0.15) is 21.6 Å².